The number of hydrogen-bond donors (Lipinski definition) is 1. The van der Waals surface area contributed by atoms with E-state index >= 15 is 0 Å². The van der Waals surface area contributed by atoms with E-state index in [4.69, 9.17) is 0 Å². The Balaban J connectivity index is 1.69. The molecule has 29 heavy (non-hydrogen) atoms. The number of amides is 1. The molecule has 2 aromatic rings. The lowest BCUT2D eigenvalue weighted by Crippen LogP contribution is -2.39. The summed E-state index contributed by atoms with van der Waals surface area (Å²) in [5, 5.41) is 3.33. The van der Waals surface area contributed by atoms with Crippen LogP contribution in [0.5, 0.6) is 0 Å². The van der Waals surface area contributed by atoms with Crippen molar-refractivity contribution in [1.82, 2.24) is 5.32 Å². The summed E-state index contributed by atoms with van der Waals surface area (Å²) in [5.74, 6) is 0.664. The lowest BCUT2D eigenvalue weighted by molar-refractivity contribution is -0.117. The molecular weight excluding hydrogens is 374 g/mol. The van der Waals surface area contributed by atoms with Gasteiger partial charge in [-0.3, -0.25) is 4.79 Å². The van der Waals surface area contributed by atoms with Crippen molar-refractivity contribution < 1.29 is 4.79 Å². The number of nitrogens with one attached hydrogen (secondary N) is 1. The van der Waals surface area contributed by atoms with Crippen molar-refractivity contribution >= 4 is 23.2 Å². The maximum Gasteiger partial charge on any atom is 0.258 e. The molecule has 2 atom stereocenters. The third-order valence-electron chi connectivity index (χ3n) is 5.52. The fourth-order valence-electron chi connectivity index (χ4n) is 4.09. The lowest BCUT2D eigenvalue weighted by Gasteiger charge is -2.30. The van der Waals surface area contributed by atoms with Crippen molar-refractivity contribution in [2.75, 3.05) is 0 Å². The molecule has 0 radical (unpaired) electrons. The van der Waals surface area contributed by atoms with Gasteiger partial charge in [0.2, 0.25) is 0 Å². The van der Waals surface area contributed by atoms with Crippen molar-refractivity contribution in [3.05, 3.63) is 88.2 Å². The number of carbonyl (C=O) groups is 1. The summed E-state index contributed by atoms with van der Waals surface area (Å²) in [6, 6.07) is 21.1. The number of rotatable bonds is 7. The minimum atomic E-state index is 0.0321. The van der Waals surface area contributed by atoms with Gasteiger partial charge < -0.3 is 5.32 Å². The van der Waals surface area contributed by atoms with Gasteiger partial charge in [-0.05, 0) is 67.1 Å². The topological polar surface area (TPSA) is 29.1 Å². The average Bonchev–Trinajstić information content (AvgIpc) is 2.73. The monoisotopic (exact) mass is 405 g/mol. The molecule has 2 nitrogen and oxygen atoms in total. The van der Waals surface area contributed by atoms with Crippen LogP contribution in [0, 0.1) is 5.92 Å². The van der Waals surface area contributed by atoms with Gasteiger partial charge in [-0.1, -0.05) is 85.4 Å². The van der Waals surface area contributed by atoms with E-state index in [-0.39, 0.29) is 11.9 Å². The molecular formula is C26H31NOS. The van der Waals surface area contributed by atoms with Crippen molar-refractivity contribution in [2.24, 2.45) is 5.92 Å². The van der Waals surface area contributed by atoms with E-state index in [0.29, 0.717) is 5.92 Å². The summed E-state index contributed by atoms with van der Waals surface area (Å²) in [7, 11) is 0. The first-order chi connectivity index (χ1) is 14.0. The standard InChI is InChI=1S/C26H31NOS/c1-19(2)29-25(20(3)23-14-8-5-9-15-23)26(28)27-24-16-10-13-22(18-24)17-21-11-6-4-7-12-21/h4-9,11-12,14-15,22,24H,1,10,13,16-18H2,2-3H3,(H,27,28)/b25-20+. The SMILES string of the molecule is C=C(C)S/C(C(=O)NC1CCCC(Cc2ccccc2)C1)=C(\C)c1ccccc1. The Kier molecular flexibility index (Phi) is 7.76. The van der Waals surface area contributed by atoms with Crippen LogP contribution in [0.15, 0.2) is 77.1 Å². The second-order valence-corrected chi connectivity index (χ2v) is 9.33. The van der Waals surface area contributed by atoms with E-state index in [1.807, 2.05) is 32.0 Å². The van der Waals surface area contributed by atoms with Crippen LogP contribution in [0.2, 0.25) is 0 Å². The molecule has 2 aromatic carbocycles. The van der Waals surface area contributed by atoms with Crippen LogP contribution >= 0.6 is 11.8 Å². The molecule has 1 fully saturated rings. The van der Waals surface area contributed by atoms with Crippen molar-refractivity contribution in [2.45, 2.75) is 52.0 Å². The van der Waals surface area contributed by atoms with Gasteiger partial charge in [0.15, 0.2) is 0 Å². The number of benzene rings is 2. The van der Waals surface area contributed by atoms with E-state index in [9.17, 15) is 4.79 Å². The molecule has 1 aliphatic carbocycles. The van der Waals surface area contributed by atoms with Crippen LogP contribution in [0.3, 0.4) is 0 Å². The van der Waals surface area contributed by atoms with Gasteiger partial charge in [0.05, 0.1) is 4.91 Å². The third kappa shape index (κ3) is 6.37. The van der Waals surface area contributed by atoms with E-state index in [2.05, 4.69) is 54.4 Å². The van der Waals surface area contributed by atoms with Crippen LogP contribution in [0.1, 0.15) is 50.7 Å². The van der Waals surface area contributed by atoms with Crippen molar-refractivity contribution in [3.63, 3.8) is 0 Å². The molecule has 0 spiro atoms. The summed E-state index contributed by atoms with van der Waals surface area (Å²) in [6.45, 7) is 7.99. The highest BCUT2D eigenvalue weighted by Gasteiger charge is 2.25. The molecule has 1 amide bonds. The van der Waals surface area contributed by atoms with Gasteiger partial charge in [0.1, 0.15) is 0 Å². The van der Waals surface area contributed by atoms with Crippen LogP contribution in [0.4, 0.5) is 0 Å². The second kappa shape index (κ2) is 10.5. The van der Waals surface area contributed by atoms with E-state index in [1.165, 1.54) is 30.2 Å². The van der Waals surface area contributed by atoms with Crippen molar-refractivity contribution in [1.29, 1.82) is 0 Å². The van der Waals surface area contributed by atoms with Gasteiger partial charge in [0.25, 0.3) is 5.91 Å². The molecule has 3 heteroatoms. The predicted octanol–water partition coefficient (Wildman–Crippen LogP) is 6.60. The summed E-state index contributed by atoms with van der Waals surface area (Å²) in [6.07, 6.45) is 5.63. The Labute approximate surface area is 179 Å². The van der Waals surface area contributed by atoms with Gasteiger partial charge >= 0.3 is 0 Å². The predicted molar refractivity (Wildman–Crippen MR) is 125 cm³/mol. The second-order valence-electron chi connectivity index (χ2n) is 8.02. The highest BCUT2D eigenvalue weighted by atomic mass is 32.2. The number of allylic oxidation sites excluding steroid dienone is 2. The van der Waals surface area contributed by atoms with E-state index in [1.54, 1.807) is 0 Å². The van der Waals surface area contributed by atoms with Gasteiger partial charge in [-0.25, -0.2) is 0 Å². The molecule has 0 aromatic heterocycles. The van der Waals surface area contributed by atoms with E-state index < -0.39 is 0 Å². The highest BCUT2D eigenvalue weighted by molar-refractivity contribution is 8.07. The Morgan fingerprint density at radius 1 is 1.03 bits per heavy atom. The van der Waals surface area contributed by atoms with Crippen LogP contribution in [-0.4, -0.2) is 11.9 Å². The van der Waals surface area contributed by atoms with Crippen LogP contribution in [-0.2, 0) is 11.2 Å². The first-order valence-corrected chi connectivity index (χ1v) is 11.3. The number of hydrogen-bond acceptors (Lipinski definition) is 2. The molecule has 1 saturated carbocycles. The van der Waals surface area contributed by atoms with Gasteiger partial charge in [-0.15, -0.1) is 0 Å². The molecule has 1 aliphatic rings. The normalized spacial score (nSPS) is 19.9. The maximum atomic E-state index is 13.2. The van der Waals surface area contributed by atoms with Crippen molar-refractivity contribution in [3.8, 4) is 0 Å². The van der Waals surface area contributed by atoms with Gasteiger partial charge in [0, 0.05) is 6.04 Å². The molecule has 0 bridgehead atoms. The fourth-order valence-corrected chi connectivity index (χ4v) is 4.86. The first-order valence-electron chi connectivity index (χ1n) is 10.5. The zero-order valence-electron chi connectivity index (χ0n) is 17.5. The maximum absolute atomic E-state index is 13.2. The molecule has 0 saturated heterocycles. The summed E-state index contributed by atoms with van der Waals surface area (Å²) in [5.41, 5.74) is 3.48. The zero-order valence-corrected chi connectivity index (χ0v) is 18.3. The molecule has 1 N–H and O–H groups in total. The Bertz CT molecular complexity index is 857. The Hall–Kier alpha value is -2.26. The quantitative estimate of drug-likeness (QED) is 0.526. The largest absolute Gasteiger partial charge is 0.349 e. The minimum Gasteiger partial charge on any atom is -0.349 e. The molecule has 2 unspecified atom stereocenters. The van der Waals surface area contributed by atoms with E-state index in [0.717, 1.165) is 40.2 Å². The summed E-state index contributed by atoms with van der Waals surface area (Å²) < 4.78 is 0. The molecule has 0 aliphatic heterocycles. The number of carbonyl (C=O) groups excluding carboxylic acids is 1. The smallest absolute Gasteiger partial charge is 0.258 e. The Morgan fingerprint density at radius 3 is 2.34 bits per heavy atom. The van der Waals surface area contributed by atoms with Crippen LogP contribution in [0.25, 0.3) is 5.57 Å². The summed E-state index contributed by atoms with van der Waals surface area (Å²) in [4.78, 5) is 14.9. The third-order valence-corrected chi connectivity index (χ3v) is 6.56. The zero-order chi connectivity index (χ0) is 20.6. The fraction of sp³-hybridized carbons (Fsp3) is 0.346. The summed E-state index contributed by atoms with van der Waals surface area (Å²) >= 11 is 1.48. The molecule has 152 valence electrons. The van der Waals surface area contributed by atoms with Gasteiger partial charge in [-0.2, -0.15) is 0 Å². The number of thioether (sulfide) groups is 1. The minimum absolute atomic E-state index is 0.0321. The molecule has 3 rings (SSSR count). The highest BCUT2D eigenvalue weighted by Crippen LogP contribution is 2.33. The Morgan fingerprint density at radius 2 is 1.69 bits per heavy atom. The first kappa shape index (κ1) is 21.4. The molecule has 0 heterocycles. The van der Waals surface area contributed by atoms with Crippen LogP contribution < -0.4 is 5.32 Å². The lowest BCUT2D eigenvalue weighted by atomic mass is 9.82. The average molecular weight is 406 g/mol.